The molecular formula is C20H22Cl2N2. The summed E-state index contributed by atoms with van der Waals surface area (Å²) in [5, 5.41) is 2.66. The topological polar surface area (TPSA) is 41.8 Å². The molecule has 126 valence electrons. The third-order valence-electron chi connectivity index (χ3n) is 4.69. The van der Waals surface area contributed by atoms with Gasteiger partial charge in [-0.2, -0.15) is 0 Å². The first-order chi connectivity index (χ1) is 11.5. The molecule has 3 rings (SSSR count). The van der Waals surface area contributed by atoms with Gasteiger partial charge in [-0.1, -0.05) is 35.3 Å². The standard InChI is InChI=1S/C20H22Cl2N2/c1-12-6-8-16-15(5-3-4-10-23)20(24-19(16)13(12)2)17-11-14(21)7-9-18(17)22/h6-9,11,24H,3-5,10,23H2,1-2H3. The summed E-state index contributed by atoms with van der Waals surface area (Å²) >= 11 is 12.7. The van der Waals surface area contributed by atoms with Crippen LogP contribution < -0.4 is 5.73 Å². The van der Waals surface area contributed by atoms with Gasteiger partial charge in [-0.25, -0.2) is 0 Å². The highest BCUT2D eigenvalue weighted by atomic mass is 35.5. The minimum Gasteiger partial charge on any atom is -0.354 e. The molecule has 4 heteroatoms. The summed E-state index contributed by atoms with van der Waals surface area (Å²) in [4.78, 5) is 3.61. The van der Waals surface area contributed by atoms with Crippen molar-refractivity contribution in [2.45, 2.75) is 33.1 Å². The zero-order chi connectivity index (χ0) is 17.3. The maximum Gasteiger partial charge on any atom is 0.0513 e. The molecule has 2 aromatic carbocycles. The second-order valence-corrected chi connectivity index (χ2v) is 7.12. The maximum atomic E-state index is 6.46. The second kappa shape index (κ2) is 7.18. The molecule has 2 nitrogen and oxygen atoms in total. The number of hydrogen-bond acceptors (Lipinski definition) is 1. The number of unbranched alkanes of at least 4 members (excludes halogenated alkanes) is 1. The quantitative estimate of drug-likeness (QED) is 0.535. The number of H-pyrrole nitrogens is 1. The summed E-state index contributed by atoms with van der Waals surface area (Å²) in [6.45, 7) is 5.00. The van der Waals surface area contributed by atoms with Gasteiger partial charge < -0.3 is 10.7 Å². The molecule has 0 aliphatic heterocycles. The number of aromatic nitrogens is 1. The van der Waals surface area contributed by atoms with Crippen molar-refractivity contribution in [3.8, 4) is 11.3 Å². The van der Waals surface area contributed by atoms with Crippen LogP contribution in [0.4, 0.5) is 0 Å². The van der Waals surface area contributed by atoms with Crippen molar-refractivity contribution in [3.05, 3.63) is 57.1 Å². The van der Waals surface area contributed by atoms with Crippen LogP contribution in [0.3, 0.4) is 0 Å². The van der Waals surface area contributed by atoms with Crippen LogP contribution in [0.5, 0.6) is 0 Å². The van der Waals surface area contributed by atoms with E-state index < -0.39 is 0 Å². The van der Waals surface area contributed by atoms with Gasteiger partial charge in [0.25, 0.3) is 0 Å². The number of aryl methyl sites for hydroxylation is 3. The molecule has 0 aliphatic carbocycles. The fourth-order valence-electron chi connectivity index (χ4n) is 3.19. The molecule has 0 saturated heterocycles. The Balaban J connectivity index is 2.23. The van der Waals surface area contributed by atoms with Gasteiger partial charge in [0.1, 0.15) is 0 Å². The first kappa shape index (κ1) is 17.3. The molecule has 0 unspecified atom stereocenters. The van der Waals surface area contributed by atoms with E-state index in [-0.39, 0.29) is 0 Å². The van der Waals surface area contributed by atoms with Crippen molar-refractivity contribution in [1.82, 2.24) is 4.98 Å². The van der Waals surface area contributed by atoms with Crippen LogP contribution in [0.25, 0.3) is 22.2 Å². The van der Waals surface area contributed by atoms with Crippen LogP contribution in [0.15, 0.2) is 30.3 Å². The number of halogens is 2. The van der Waals surface area contributed by atoms with E-state index in [1.165, 1.54) is 27.6 Å². The minimum absolute atomic E-state index is 0.689. The molecule has 0 saturated carbocycles. The predicted molar refractivity (Wildman–Crippen MR) is 105 cm³/mol. The molecule has 1 heterocycles. The van der Waals surface area contributed by atoms with Gasteiger partial charge in [0.05, 0.1) is 5.69 Å². The number of rotatable bonds is 5. The fraction of sp³-hybridized carbons (Fsp3) is 0.300. The van der Waals surface area contributed by atoms with Crippen LogP contribution in [-0.2, 0) is 6.42 Å². The van der Waals surface area contributed by atoms with Crippen molar-refractivity contribution in [2.75, 3.05) is 6.54 Å². The number of nitrogens with one attached hydrogen (secondary N) is 1. The first-order valence-electron chi connectivity index (χ1n) is 8.29. The van der Waals surface area contributed by atoms with Crippen molar-refractivity contribution in [1.29, 1.82) is 0 Å². The van der Waals surface area contributed by atoms with Crippen LogP contribution >= 0.6 is 23.2 Å². The summed E-state index contributed by atoms with van der Waals surface area (Å²) < 4.78 is 0. The molecule has 24 heavy (non-hydrogen) atoms. The summed E-state index contributed by atoms with van der Waals surface area (Å²) in [6, 6.07) is 9.99. The molecule has 0 aliphatic rings. The van der Waals surface area contributed by atoms with Crippen LogP contribution in [0, 0.1) is 13.8 Å². The number of fused-ring (bicyclic) bond motifs is 1. The molecule has 1 aromatic heterocycles. The lowest BCUT2D eigenvalue weighted by Gasteiger charge is -2.08. The Morgan fingerprint density at radius 3 is 2.58 bits per heavy atom. The average molecular weight is 361 g/mol. The highest BCUT2D eigenvalue weighted by Crippen LogP contribution is 2.38. The molecule has 0 amide bonds. The molecule has 0 radical (unpaired) electrons. The Labute approximate surface area is 153 Å². The zero-order valence-electron chi connectivity index (χ0n) is 14.0. The minimum atomic E-state index is 0.689. The van der Waals surface area contributed by atoms with E-state index in [0.29, 0.717) is 16.6 Å². The van der Waals surface area contributed by atoms with Gasteiger partial charge in [-0.15, -0.1) is 0 Å². The summed E-state index contributed by atoms with van der Waals surface area (Å²) in [7, 11) is 0. The van der Waals surface area contributed by atoms with Crippen LogP contribution in [-0.4, -0.2) is 11.5 Å². The van der Waals surface area contributed by atoms with Gasteiger partial charge in [-0.05, 0) is 74.5 Å². The maximum absolute atomic E-state index is 6.46. The monoisotopic (exact) mass is 360 g/mol. The Morgan fingerprint density at radius 2 is 1.83 bits per heavy atom. The molecule has 0 spiro atoms. The highest BCUT2D eigenvalue weighted by molar-refractivity contribution is 6.35. The Bertz CT molecular complexity index is 881. The van der Waals surface area contributed by atoms with E-state index in [2.05, 4.69) is 31.0 Å². The van der Waals surface area contributed by atoms with Gasteiger partial charge in [0.2, 0.25) is 0 Å². The molecule has 3 N–H and O–H groups in total. The molecule has 0 fully saturated rings. The lowest BCUT2D eigenvalue weighted by atomic mass is 9.98. The van der Waals surface area contributed by atoms with E-state index in [9.17, 15) is 0 Å². The largest absolute Gasteiger partial charge is 0.354 e. The summed E-state index contributed by atoms with van der Waals surface area (Å²) in [6.07, 6.45) is 3.04. The van der Waals surface area contributed by atoms with E-state index in [1.807, 2.05) is 18.2 Å². The summed E-state index contributed by atoms with van der Waals surface area (Å²) in [5.74, 6) is 0. The molecule has 0 atom stereocenters. The normalized spacial score (nSPS) is 11.4. The molecular weight excluding hydrogens is 339 g/mol. The lowest BCUT2D eigenvalue weighted by Crippen LogP contribution is -1.99. The second-order valence-electron chi connectivity index (χ2n) is 6.28. The molecule has 0 bridgehead atoms. The Kier molecular flexibility index (Phi) is 5.19. The Morgan fingerprint density at radius 1 is 1.04 bits per heavy atom. The fourth-order valence-corrected chi connectivity index (χ4v) is 3.57. The SMILES string of the molecule is Cc1ccc2c(CCCCN)c(-c3cc(Cl)ccc3Cl)[nH]c2c1C. The van der Waals surface area contributed by atoms with E-state index in [1.54, 1.807) is 0 Å². The number of benzene rings is 2. The van der Waals surface area contributed by atoms with Crippen LogP contribution in [0.2, 0.25) is 10.0 Å². The van der Waals surface area contributed by atoms with Gasteiger partial charge in [0.15, 0.2) is 0 Å². The third-order valence-corrected chi connectivity index (χ3v) is 5.26. The van der Waals surface area contributed by atoms with E-state index >= 15 is 0 Å². The van der Waals surface area contributed by atoms with E-state index in [4.69, 9.17) is 28.9 Å². The summed E-state index contributed by atoms with van der Waals surface area (Å²) in [5.41, 5.74) is 12.7. The highest BCUT2D eigenvalue weighted by Gasteiger charge is 2.17. The van der Waals surface area contributed by atoms with Crippen LogP contribution in [0.1, 0.15) is 29.5 Å². The number of aromatic amines is 1. The van der Waals surface area contributed by atoms with Gasteiger partial charge >= 0.3 is 0 Å². The average Bonchev–Trinajstić information content (AvgIpc) is 2.93. The smallest absolute Gasteiger partial charge is 0.0513 e. The van der Waals surface area contributed by atoms with Gasteiger partial charge in [-0.3, -0.25) is 0 Å². The Hall–Kier alpha value is -1.48. The first-order valence-corrected chi connectivity index (χ1v) is 9.04. The van der Waals surface area contributed by atoms with Gasteiger partial charge in [0, 0.05) is 26.5 Å². The van der Waals surface area contributed by atoms with Crippen molar-refractivity contribution < 1.29 is 0 Å². The third kappa shape index (κ3) is 3.19. The predicted octanol–water partition coefficient (Wildman–Crippen LogP) is 6.04. The lowest BCUT2D eigenvalue weighted by molar-refractivity contribution is 0.748. The van der Waals surface area contributed by atoms with Crippen molar-refractivity contribution in [3.63, 3.8) is 0 Å². The van der Waals surface area contributed by atoms with Crippen molar-refractivity contribution in [2.24, 2.45) is 5.73 Å². The zero-order valence-corrected chi connectivity index (χ0v) is 15.6. The number of nitrogens with two attached hydrogens (primary N) is 1. The van der Waals surface area contributed by atoms with E-state index in [0.717, 1.165) is 30.5 Å². The molecule has 3 aromatic rings. The number of hydrogen-bond donors (Lipinski definition) is 2. The van der Waals surface area contributed by atoms with Crippen molar-refractivity contribution >= 4 is 34.1 Å².